The van der Waals surface area contributed by atoms with Crippen molar-refractivity contribution in [3.8, 4) is 17.2 Å². The molecule has 0 radical (unpaired) electrons. The highest BCUT2D eigenvalue weighted by molar-refractivity contribution is 7.07. The zero-order chi connectivity index (χ0) is 25.1. The van der Waals surface area contributed by atoms with Gasteiger partial charge in [0.15, 0.2) is 16.3 Å². The number of aromatic hydroxyl groups is 1. The number of rotatable bonds is 7. The van der Waals surface area contributed by atoms with Crippen molar-refractivity contribution in [2.24, 2.45) is 4.99 Å². The van der Waals surface area contributed by atoms with Crippen LogP contribution in [0.25, 0.3) is 6.08 Å². The van der Waals surface area contributed by atoms with Gasteiger partial charge in [-0.15, -0.1) is 0 Å². The topological polar surface area (TPSA) is 99.4 Å². The lowest BCUT2D eigenvalue weighted by atomic mass is 9.96. The minimum atomic E-state index is -0.697. The van der Waals surface area contributed by atoms with Crippen LogP contribution in [0.2, 0.25) is 0 Å². The molecule has 1 N–H and O–H groups in total. The second-order valence-corrected chi connectivity index (χ2v) is 8.74. The number of hydrogen-bond acceptors (Lipinski definition) is 8. The molecule has 0 spiro atoms. The Kier molecular flexibility index (Phi) is 7.07. The first-order valence-corrected chi connectivity index (χ1v) is 12.0. The predicted octanol–water partition coefficient (Wildman–Crippen LogP) is 2.91. The van der Waals surface area contributed by atoms with Crippen LogP contribution in [0.1, 0.15) is 37.9 Å². The van der Waals surface area contributed by atoms with Crippen LogP contribution < -0.4 is 24.4 Å². The Morgan fingerprint density at radius 1 is 1.17 bits per heavy atom. The van der Waals surface area contributed by atoms with Gasteiger partial charge in [-0.25, -0.2) is 9.79 Å². The molecule has 0 unspecified atom stereocenters. The Hall–Kier alpha value is -3.85. The van der Waals surface area contributed by atoms with Crippen LogP contribution in [-0.2, 0) is 9.53 Å². The summed E-state index contributed by atoms with van der Waals surface area (Å²) >= 11 is 1.23. The Balaban J connectivity index is 1.91. The van der Waals surface area contributed by atoms with Gasteiger partial charge in [0.1, 0.15) is 5.75 Å². The van der Waals surface area contributed by atoms with Crippen LogP contribution in [0.5, 0.6) is 17.2 Å². The number of fused-ring (bicyclic) bond motifs is 1. The highest BCUT2D eigenvalue weighted by atomic mass is 32.1. The third kappa shape index (κ3) is 4.72. The van der Waals surface area contributed by atoms with Gasteiger partial charge in [0, 0.05) is 0 Å². The monoisotopic (exact) mass is 494 g/mol. The van der Waals surface area contributed by atoms with Crippen molar-refractivity contribution in [3.63, 3.8) is 0 Å². The molecule has 0 fully saturated rings. The quantitative estimate of drug-likeness (QED) is 0.507. The number of esters is 1. The fraction of sp³-hybridized carbons (Fsp3) is 0.269. The third-order valence-electron chi connectivity index (χ3n) is 5.53. The van der Waals surface area contributed by atoms with E-state index >= 15 is 0 Å². The normalized spacial score (nSPS) is 15.4. The number of methoxy groups -OCH3 is 1. The smallest absolute Gasteiger partial charge is 0.338 e. The number of aromatic nitrogens is 1. The van der Waals surface area contributed by atoms with Crippen molar-refractivity contribution >= 4 is 23.4 Å². The average molecular weight is 495 g/mol. The molecular weight excluding hydrogens is 468 g/mol. The van der Waals surface area contributed by atoms with Gasteiger partial charge in [0.25, 0.3) is 5.56 Å². The molecule has 2 heterocycles. The van der Waals surface area contributed by atoms with E-state index in [9.17, 15) is 14.7 Å². The number of hydrogen-bond donors (Lipinski definition) is 1. The van der Waals surface area contributed by atoms with Gasteiger partial charge in [-0.3, -0.25) is 9.36 Å². The molecule has 0 aliphatic carbocycles. The maximum absolute atomic E-state index is 13.6. The summed E-state index contributed by atoms with van der Waals surface area (Å²) in [4.78, 5) is 31.6. The van der Waals surface area contributed by atoms with Gasteiger partial charge in [0.2, 0.25) is 0 Å². The van der Waals surface area contributed by atoms with E-state index in [4.69, 9.17) is 14.2 Å². The average Bonchev–Trinajstić information content (AvgIpc) is 3.15. The van der Waals surface area contributed by atoms with Crippen molar-refractivity contribution < 1.29 is 24.1 Å². The summed E-state index contributed by atoms with van der Waals surface area (Å²) in [5.41, 5.74) is 1.97. The van der Waals surface area contributed by atoms with Crippen LogP contribution >= 0.6 is 11.3 Å². The molecule has 35 heavy (non-hydrogen) atoms. The molecule has 4 rings (SSSR count). The largest absolute Gasteiger partial charge is 0.504 e. The number of carbonyl (C=O) groups is 1. The SMILES string of the molecule is CCOC(=O)C1=C(C)N=c2s/c(=C/c3ccc(O)c(OCC)c3)c(=O)n2[C@H]1c1ccc(OC)cc1. The number of allylic oxidation sites excluding steroid dienone is 1. The van der Waals surface area contributed by atoms with Crippen LogP contribution in [0.3, 0.4) is 0 Å². The number of benzene rings is 2. The van der Waals surface area contributed by atoms with Crippen LogP contribution in [0.15, 0.2) is 63.5 Å². The molecule has 2 aromatic carbocycles. The standard InChI is InChI=1S/C26H26N2O6S/c1-5-33-20-13-16(7-12-19(20)29)14-21-24(30)28-23(17-8-10-18(32-4)11-9-17)22(25(31)34-6-2)15(3)27-26(28)35-21/h7-14,23,29H,5-6H2,1-4H3/b21-14+/t23-/m0/s1. The van der Waals surface area contributed by atoms with E-state index in [-0.39, 0.29) is 17.9 Å². The molecule has 1 aliphatic heterocycles. The Morgan fingerprint density at radius 3 is 2.57 bits per heavy atom. The third-order valence-corrected chi connectivity index (χ3v) is 6.51. The fourth-order valence-corrected chi connectivity index (χ4v) is 4.98. The summed E-state index contributed by atoms with van der Waals surface area (Å²) in [5, 5.41) is 10.00. The van der Waals surface area contributed by atoms with Gasteiger partial charge in [-0.2, -0.15) is 0 Å². The van der Waals surface area contributed by atoms with Crippen LogP contribution in [0, 0.1) is 0 Å². The zero-order valence-electron chi connectivity index (χ0n) is 19.9. The number of nitrogens with zero attached hydrogens (tertiary/aromatic N) is 2. The Labute approximate surface area is 206 Å². The van der Waals surface area contributed by atoms with Gasteiger partial charge >= 0.3 is 5.97 Å². The van der Waals surface area contributed by atoms with Gasteiger partial charge < -0.3 is 19.3 Å². The Morgan fingerprint density at radius 2 is 1.91 bits per heavy atom. The number of thiazole rings is 1. The highest BCUT2D eigenvalue weighted by Gasteiger charge is 2.33. The first-order valence-electron chi connectivity index (χ1n) is 11.2. The summed E-state index contributed by atoms with van der Waals surface area (Å²) in [6.07, 6.45) is 1.72. The van der Waals surface area contributed by atoms with E-state index in [2.05, 4.69) is 4.99 Å². The first kappa shape index (κ1) is 24.3. The van der Waals surface area contributed by atoms with Crippen molar-refractivity contribution in [1.82, 2.24) is 4.57 Å². The van der Waals surface area contributed by atoms with E-state index in [0.29, 0.717) is 44.3 Å². The van der Waals surface area contributed by atoms with Crippen LogP contribution in [0.4, 0.5) is 0 Å². The molecule has 8 nitrogen and oxygen atoms in total. The number of carbonyl (C=O) groups excluding carboxylic acids is 1. The predicted molar refractivity (Wildman–Crippen MR) is 133 cm³/mol. The van der Waals surface area contributed by atoms with E-state index in [0.717, 1.165) is 5.56 Å². The lowest BCUT2D eigenvalue weighted by Gasteiger charge is -2.24. The van der Waals surface area contributed by atoms with Crippen molar-refractivity contribution in [1.29, 1.82) is 0 Å². The first-order chi connectivity index (χ1) is 16.9. The summed E-state index contributed by atoms with van der Waals surface area (Å²) in [6.45, 7) is 5.91. The summed E-state index contributed by atoms with van der Waals surface area (Å²) < 4.78 is 18.0. The van der Waals surface area contributed by atoms with Gasteiger partial charge in [-0.05, 0) is 62.2 Å². The van der Waals surface area contributed by atoms with E-state index in [1.54, 1.807) is 51.3 Å². The van der Waals surface area contributed by atoms with Crippen molar-refractivity contribution in [3.05, 3.63) is 84.5 Å². The summed E-state index contributed by atoms with van der Waals surface area (Å²) in [6, 6.07) is 11.4. The van der Waals surface area contributed by atoms with Gasteiger partial charge in [0.05, 0.1) is 42.2 Å². The molecule has 0 amide bonds. The second-order valence-electron chi connectivity index (χ2n) is 7.74. The molecule has 1 aliphatic rings. The molecular formula is C26H26N2O6S. The maximum atomic E-state index is 13.6. The molecule has 1 aromatic heterocycles. The molecule has 9 heteroatoms. The molecule has 0 saturated heterocycles. The van der Waals surface area contributed by atoms with E-state index in [1.807, 2.05) is 19.1 Å². The minimum absolute atomic E-state index is 0.0275. The number of phenols is 1. The molecule has 0 saturated carbocycles. The molecule has 0 bridgehead atoms. The second kappa shape index (κ2) is 10.2. The lowest BCUT2D eigenvalue weighted by molar-refractivity contribution is -0.139. The summed E-state index contributed by atoms with van der Waals surface area (Å²) in [7, 11) is 1.58. The maximum Gasteiger partial charge on any atom is 0.338 e. The minimum Gasteiger partial charge on any atom is -0.504 e. The Bertz CT molecular complexity index is 1470. The van der Waals surface area contributed by atoms with E-state index in [1.165, 1.54) is 22.0 Å². The molecule has 182 valence electrons. The fourth-order valence-electron chi connectivity index (χ4n) is 3.94. The number of phenolic OH excluding ortho intramolecular Hbond substituents is 1. The lowest BCUT2D eigenvalue weighted by Crippen LogP contribution is -2.39. The van der Waals surface area contributed by atoms with Crippen molar-refractivity contribution in [2.45, 2.75) is 26.8 Å². The van der Waals surface area contributed by atoms with Gasteiger partial charge in [-0.1, -0.05) is 29.5 Å². The number of ether oxygens (including phenoxy) is 3. The summed E-state index contributed by atoms with van der Waals surface area (Å²) in [5.74, 6) is 0.519. The van der Waals surface area contributed by atoms with Crippen LogP contribution in [-0.4, -0.2) is 36.0 Å². The highest BCUT2D eigenvalue weighted by Crippen LogP contribution is 2.32. The van der Waals surface area contributed by atoms with Crippen molar-refractivity contribution in [2.75, 3.05) is 20.3 Å². The molecule has 3 aromatic rings. The zero-order valence-corrected chi connectivity index (χ0v) is 20.7. The van der Waals surface area contributed by atoms with E-state index < -0.39 is 12.0 Å². The molecule has 1 atom stereocenters.